The largest absolute Gasteiger partial charge is 0.466 e. The number of carbonyl (C=O) groups excluding carboxylic acids is 1. The van der Waals surface area contributed by atoms with E-state index >= 15 is 0 Å². The van der Waals surface area contributed by atoms with E-state index in [2.05, 4.69) is 20.8 Å². The second-order valence-corrected chi connectivity index (χ2v) is 4.92. The van der Waals surface area contributed by atoms with E-state index < -0.39 is 0 Å². The lowest BCUT2D eigenvalue weighted by molar-refractivity contribution is -0.146. The molecule has 0 aliphatic carbocycles. The molecule has 0 amide bonds. The fourth-order valence-corrected chi connectivity index (χ4v) is 1.34. The lowest BCUT2D eigenvalue weighted by Crippen LogP contribution is -2.21. The third-order valence-electron chi connectivity index (χ3n) is 2.36. The van der Waals surface area contributed by atoms with Crippen molar-refractivity contribution in [2.45, 2.75) is 53.4 Å². The third-order valence-corrected chi connectivity index (χ3v) is 2.36. The van der Waals surface area contributed by atoms with Gasteiger partial charge in [-0.05, 0) is 24.7 Å². The fourth-order valence-electron chi connectivity index (χ4n) is 1.34. The van der Waals surface area contributed by atoms with Crippen LogP contribution in [0.1, 0.15) is 53.4 Å². The fraction of sp³-hybridized carbons (Fsp3) is 0.923. The van der Waals surface area contributed by atoms with Gasteiger partial charge in [-0.15, -0.1) is 0 Å². The van der Waals surface area contributed by atoms with Crippen LogP contribution in [0.3, 0.4) is 0 Å². The second-order valence-electron chi connectivity index (χ2n) is 4.92. The van der Waals surface area contributed by atoms with Gasteiger partial charge in [0, 0.05) is 13.2 Å². The van der Waals surface area contributed by atoms with Gasteiger partial charge in [-0.1, -0.05) is 27.7 Å². The van der Waals surface area contributed by atoms with E-state index in [-0.39, 0.29) is 11.4 Å². The molecule has 0 radical (unpaired) electrons. The van der Waals surface area contributed by atoms with Crippen LogP contribution in [0.15, 0.2) is 0 Å². The first kappa shape index (κ1) is 15.4. The Bertz CT molecular complexity index is 188. The Morgan fingerprint density at radius 1 is 1.06 bits per heavy atom. The van der Waals surface area contributed by atoms with E-state index in [0.29, 0.717) is 13.0 Å². The van der Waals surface area contributed by atoms with E-state index in [4.69, 9.17) is 9.47 Å². The van der Waals surface area contributed by atoms with Crippen LogP contribution >= 0.6 is 0 Å². The normalized spacial score (nSPS) is 11.5. The Hall–Kier alpha value is -0.570. The Morgan fingerprint density at radius 3 is 2.25 bits per heavy atom. The van der Waals surface area contributed by atoms with Crippen LogP contribution < -0.4 is 0 Å². The molecular formula is C13H26O3. The molecular weight excluding hydrogens is 204 g/mol. The van der Waals surface area contributed by atoms with Gasteiger partial charge in [0.15, 0.2) is 0 Å². The molecule has 0 fully saturated rings. The van der Waals surface area contributed by atoms with Gasteiger partial charge >= 0.3 is 5.97 Å². The summed E-state index contributed by atoms with van der Waals surface area (Å²) in [4.78, 5) is 11.4. The zero-order valence-corrected chi connectivity index (χ0v) is 11.2. The summed E-state index contributed by atoms with van der Waals surface area (Å²) >= 11 is 0. The smallest absolute Gasteiger partial charge is 0.306 e. The van der Waals surface area contributed by atoms with Crippen molar-refractivity contribution < 1.29 is 14.3 Å². The minimum absolute atomic E-state index is 0.0292. The van der Waals surface area contributed by atoms with E-state index in [1.165, 1.54) is 0 Å². The highest BCUT2D eigenvalue weighted by Gasteiger charge is 2.22. The van der Waals surface area contributed by atoms with Crippen molar-refractivity contribution in [1.82, 2.24) is 0 Å². The highest BCUT2D eigenvalue weighted by atomic mass is 16.5. The van der Waals surface area contributed by atoms with Crippen molar-refractivity contribution in [1.29, 1.82) is 0 Å². The Balaban J connectivity index is 3.71. The molecule has 0 saturated heterocycles. The molecule has 0 bridgehead atoms. The van der Waals surface area contributed by atoms with Gasteiger partial charge in [0.2, 0.25) is 0 Å². The van der Waals surface area contributed by atoms with Crippen molar-refractivity contribution in [3.63, 3.8) is 0 Å². The summed E-state index contributed by atoms with van der Waals surface area (Å²) in [6.07, 6.45) is 3.29. The van der Waals surface area contributed by atoms with Crippen LogP contribution in [0.2, 0.25) is 0 Å². The third kappa shape index (κ3) is 8.72. The summed E-state index contributed by atoms with van der Waals surface area (Å²) in [7, 11) is 0. The predicted molar refractivity (Wildman–Crippen MR) is 65.4 cm³/mol. The first-order valence-corrected chi connectivity index (χ1v) is 6.25. The number of hydrogen-bond donors (Lipinski definition) is 0. The van der Waals surface area contributed by atoms with Gasteiger partial charge in [0.25, 0.3) is 0 Å². The summed E-state index contributed by atoms with van der Waals surface area (Å²) in [5.41, 5.74) is -0.0292. The van der Waals surface area contributed by atoms with E-state index in [1.54, 1.807) is 0 Å². The van der Waals surface area contributed by atoms with Crippen molar-refractivity contribution in [3.05, 3.63) is 0 Å². The molecule has 0 aliphatic heterocycles. The highest BCUT2D eigenvalue weighted by molar-refractivity contribution is 5.70. The number of rotatable bonds is 9. The number of ether oxygens (including phenoxy) is 2. The van der Waals surface area contributed by atoms with Gasteiger partial charge in [-0.3, -0.25) is 4.79 Å². The van der Waals surface area contributed by atoms with Crippen molar-refractivity contribution in [2.24, 2.45) is 5.41 Å². The number of esters is 1. The Labute approximate surface area is 99.5 Å². The van der Waals surface area contributed by atoms with E-state index in [0.717, 1.165) is 32.5 Å². The second kappa shape index (κ2) is 8.57. The van der Waals surface area contributed by atoms with Crippen LogP contribution in [0.4, 0.5) is 0 Å². The van der Waals surface area contributed by atoms with Gasteiger partial charge in [0.05, 0.1) is 13.0 Å². The summed E-state index contributed by atoms with van der Waals surface area (Å²) in [6.45, 7) is 10.3. The lowest BCUT2D eigenvalue weighted by Gasteiger charge is -2.23. The Kier molecular flexibility index (Phi) is 8.26. The molecule has 3 nitrogen and oxygen atoms in total. The summed E-state index contributed by atoms with van der Waals surface area (Å²) in [6, 6.07) is 0. The first-order valence-electron chi connectivity index (χ1n) is 6.25. The average Bonchev–Trinajstić information content (AvgIpc) is 2.21. The minimum Gasteiger partial charge on any atom is -0.466 e. The maximum absolute atomic E-state index is 11.4. The molecule has 0 N–H and O–H groups in total. The Morgan fingerprint density at radius 2 is 1.69 bits per heavy atom. The molecule has 0 aromatic rings. The summed E-state index contributed by atoms with van der Waals surface area (Å²) < 4.78 is 10.5. The van der Waals surface area contributed by atoms with Gasteiger partial charge in [-0.2, -0.15) is 0 Å². The topological polar surface area (TPSA) is 35.5 Å². The molecule has 0 aromatic carbocycles. The zero-order chi connectivity index (χ0) is 12.4. The monoisotopic (exact) mass is 230 g/mol. The minimum atomic E-state index is -0.0951. The van der Waals surface area contributed by atoms with Crippen molar-refractivity contribution >= 4 is 5.97 Å². The van der Waals surface area contributed by atoms with Crippen LogP contribution in [0, 0.1) is 5.41 Å². The maximum Gasteiger partial charge on any atom is 0.306 e. The SMILES string of the molecule is CCCOCCC(C)(C)CC(=O)OCCC. The number of hydrogen-bond acceptors (Lipinski definition) is 3. The summed E-state index contributed by atoms with van der Waals surface area (Å²) in [5.74, 6) is -0.0951. The van der Waals surface area contributed by atoms with Gasteiger partial charge in [0.1, 0.15) is 0 Å². The lowest BCUT2D eigenvalue weighted by atomic mass is 9.86. The highest BCUT2D eigenvalue weighted by Crippen LogP contribution is 2.25. The molecule has 0 aromatic heterocycles. The van der Waals surface area contributed by atoms with Crippen molar-refractivity contribution in [3.8, 4) is 0 Å². The summed E-state index contributed by atoms with van der Waals surface area (Å²) in [5, 5.41) is 0. The molecule has 0 atom stereocenters. The molecule has 96 valence electrons. The van der Waals surface area contributed by atoms with Crippen LogP contribution in [-0.4, -0.2) is 25.8 Å². The average molecular weight is 230 g/mol. The van der Waals surface area contributed by atoms with Crippen LogP contribution in [-0.2, 0) is 14.3 Å². The molecule has 0 unspecified atom stereocenters. The van der Waals surface area contributed by atoms with Crippen molar-refractivity contribution in [2.75, 3.05) is 19.8 Å². The van der Waals surface area contributed by atoms with E-state index in [9.17, 15) is 4.79 Å². The standard InChI is InChI=1S/C13H26O3/c1-5-8-15-10-7-13(3,4)11-12(14)16-9-6-2/h5-11H2,1-4H3. The molecule has 0 heterocycles. The van der Waals surface area contributed by atoms with Crippen LogP contribution in [0.25, 0.3) is 0 Å². The van der Waals surface area contributed by atoms with Crippen LogP contribution in [0.5, 0.6) is 0 Å². The molecule has 0 aliphatic rings. The quantitative estimate of drug-likeness (QED) is 0.451. The zero-order valence-electron chi connectivity index (χ0n) is 11.2. The first-order chi connectivity index (χ1) is 7.52. The molecule has 0 rings (SSSR count). The van der Waals surface area contributed by atoms with E-state index in [1.807, 2.05) is 6.92 Å². The molecule has 0 spiro atoms. The van der Waals surface area contributed by atoms with Gasteiger partial charge in [-0.25, -0.2) is 0 Å². The molecule has 3 heteroatoms. The molecule has 0 saturated carbocycles. The molecule has 16 heavy (non-hydrogen) atoms. The van der Waals surface area contributed by atoms with Gasteiger partial charge < -0.3 is 9.47 Å². The number of carbonyl (C=O) groups is 1. The maximum atomic E-state index is 11.4. The predicted octanol–water partition coefficient (Wildman–Crippen LogP) is 3.17.